The fraction of sp³-hybridized carbons (Fsp3) is 0.533. The Morgan fingerprint density at radius 1 is 1.57 bits per heavy atom. The Bertz CT molecular complexity index is 567. The van der Waals surface area contributed by atoms with Crippen molar-refractivity contribution in [3.63, 3.8) is 0 Å². The van der Waals surface area contributed by atoms with Crippen LogP contribution in [0.1, 0.15) is 36.9 Å². The maximum absolute atomic E-state index is 12.2. The van der Waals surface area contributed by atoms with Crippen LogP contribution < -0.4 is 0 Å². The molecule has 1 atom stereocenters. The smallest absolute Gasteiger partial charge is 0.311 e. The standard InChI is InChI=1S/C15H20N2O3S/c1-3-15(14(19)20)7-4-8-17(10-15)13(18)6-5-12-9-21-11(2)16-12/h5-6,9H,3-4,7-8,10H2,1-2H3,(H,19,20). The number of carbonyl (C=O) groups is 2. The van der Waals surface area contributed by atoms with E-state index in [1.54, 1.807) is 11.0 Å². The van der Waals surface area contributed by atoms with Crippen LogP contribution in [0.2, 0.25) is 0 Å². The van der Waals surface area contributed by atoms with Gasteiger partial charge in [-0.1, -0.05) is 6.92 Å². The summed E-state index contributed by atoms with van der Waals surface area (Å²) in [5.41, 5.74) is -0.0262. The first-order chi connectivity index (χ1) is 9.97. The van der Waals surface area contributed by atoms with Crippen molar-refractivity contribution in [2.24, 2.45) is 5.41 Å². The number of piperidine rings is 1. The molecule has 0 aromatic carbocycles. The molecular formula is C15H20N2O3S. The molecule has 5 nitrogen and oxygen atoms in total. The number of aryl methyl sites for hydroxylation is 1. The van der Waals surface area contributed by atoms with Gasteiger partial charge in [-0.25, -0.2) is 4.98 Å². The van der Waals surface area contributed by atoms with Crippen LogP contribution in [0, 0.1) is 12.3 Å². The molecule has 1 aromatic heterocycles. The molecule has 1 fully saturated rings. The molecule has 1 amide bonds. The van der Waals surface area contributed by atoms with Crippen molar-refractivity contribution in [2.75, 3.05) is 13.1 Å². The third-order valence-electron chi connectivity index (χ3n) is 4.05. The average molecular weight is 308 g/mol. The molecule has 1 aliphatic rings. The van der Waals surface area contributed by atoms with E-state index in [2.05, 4.69) is 4.98 Å². The van der Waals surface area contributed by atoms with E-state index in [0.717, 1.165) is 17.1 Å². The highest BCUT2D eigenvalue weighted by Crippen LogP contribution is 2.33. The molecule has 2 heterocycles. The maximum atomic E-state index is 12.2. The van der Waals surface area contributed by atoms with Gasteiger partial charge < -0.3 is 10.0 Å². The van der Waals surface area contributed by atoms with Crippen molar-refractivity contribution < 1.29 is 14.7 Å². The van der Waals surface area contributed by atoms with Crippen molar-refractivity contribution >= 4 is 29.3 Å². The molecule has 0 spiro atoms. The highest BCUT2D eigenvalue weighted by molar-refractivity contribution is 7.09. The molecular weight excluding hydrogens is 288 g/mol. The zero-order chi connectivity index (χ0) is 15.5. The van der Waals surface area contributed by atoms with Gasteiger partial charge in [-0.05, 0) is 32.3 Å². The number of nitrogens with zero attached hydrogens (tertiary/aromatic N) is 2. The van der Waals surface area contributed by atoms with Gasteiger partial charge in [0, 0.05) is 24.5 Å². The average Bonchev–Trinajstić information content (AvgIpc) is 2.90. The largest absolute Gasteiger partial charge is 0.481 e. The number of hydrogen-bond acceptors (Lipinski definition) is 4. The number of thiazole rings is 1. The monoisotopic (exact) mass is 308 g/mol. The number of likely N-dealkylation sites (tertiary alicyclic amines) is 1. The van der Waals surface area contributed by atoms with Crippen molar-refractivity contribution in [3.05, 3.63) is 22.2 Å². The van der Waals surface area contributed by atoms with Gasteiger partial charge >= 0.3 is 5.97 Å². The Balaban J connectivity index is 2.05. The highest BCUT2D eigenvalue weighted by Gasteiger charge is 2.41. The van der Waals surface area contributed by atoms with Gasteiger partial charge in [0.2, 0.25) is 5.91 Å². The topological polar surface area (TPSA) is 70.5 Å². The summed E-state index contributed by atoms with van der Waals surface area (Å²) in [7, 11) is 0. The highest BCUT2D eigenvalue weighted by atomic mass is 32.1. The third-order valence-corrected chi connectivity index (χ3v) is 4.84. The predicted octanol–water partition coefficient (Wildman–Crippen LogP) is 2.57. The molecule has 1 N–H and O–H groups in total. The summed E-state index contributed by atoms with van der Waals surface area (Å²) >= 11 is 1.53. The van der Waals surface area contributed by atoms with Gasteiger partial charge in [-0.15, -0.1) is 11.3 Å². The molecule has 0 radical (unpaired) electrons. The zero-order valence-corrected chi connectivity index (χ0v) is 13.2. The van der Waals surface area contributed by atoms with Crippen LogP contribution in [0.3, 0.4) is 0 Å². The second-order valence-electron chi connectivity index (χ2n) is 5.43. The quantitative estimate of drug-likeness (QED) is 0.868. The van der Waals surface area contributed by atoms with Crippen LogP contribution >= 0.6 is 11.3 Å². The van der Waals surface area contributed by atoms with Gasteiger partial charge in [0.05, 0.1) is 16.1 Å². The molecule has 1 unspecified atom stereocenters. The van der Waals surface area contributed by atoms with Gasteiger partial charge in [0.1, 0.15) is 0 Å². The second kappa shape index (κ2) is 6.39. The summed E-state index contributed by atoms with van der Waals surface area (Å²) in [6.07, 6.45) is 5.09. The second-order valence-corrected chi connectivity index (χ2v) is 6.49. The van der Waals surface area contributed by atoms with Crippen molar-refractivity contribution in [1.82, 2.24) is 9.88 Å². The predicted molar refractivity (Wildman–Crippen MR) is 82.1 cm³/mol. The van der Waals surface area contributed by atoms with Gasteiger partial charge in [-0.2, -0.15) is 0 Å². The number of rotatable bonds is 4. The summed E-state index contributed by atoms with van der Waals surface area (Å²) in [6.45, 7) is 4.69. The van der Waals surface area contributed by atoms with E-state index >= 15 is 0 Å². The van der Waals surface area contributed by atoms with Crippen molar-refractivity contribution in [3.8, 4) is 0 Å². The van der Waals surface area contributed by atoms with E-state index in [1.807, 2.05) is 19.2 Å². The molecule has 0 bridgehead atoms. The molecule has 21 heavy (non-hydrogen) atoms. The lowest BCUT2D eigenvalue weighted by atomic mass is 9.77. The molecule has 6 heteroatoms. The number of hydrogen-bond donors (Lipinski definition) is 1. The fourth-order valence-electron chi connectivity index (χ4n) is 2.65. The molecule has 1 saturated heterocycles. The molecule has 114 valence electrons. The summed E-state index contributed by atoms with van der Waals surface area (Å²) in [5.74, 6) is -0.943. The van der Waals surface area contributed by atoms with Gasteiger partial charge in [0.25, 0.3) is 0 Å². The number of carbonyl (C=O) groups excluding carboxylic acids is 1. The minimum atomic E-state index is -0.804. The lowest BCUT2D eigenvalue weighted by Crippen LogP contribution is -2.49. The number of carboxylic acids is 1. The molecule has 1 aromatic rings. The van der Waals surface area contributed by atoms with E-state index in [0.29, 0.717) is 19.4 Å². The number of aliphatic carboxylic acids is 1. The first-order valence-corrected chi connectivity index (χ1v) is 7.97. The minimum absolute atomic E-state index is 0.139. The molecule has 0 saturated carbocycles. The number of carboxylic acid groups (broad SMARTS) is 1. The van der Waals surface area contributed by atoms with E-state index in [-0.39, 0.29) is 12.5 Å². The number of aromatic nitrogens is 1. The van der Waals surface area contributed by atoms with E-state index in [9.17, 15) is 14.7 Å². The minimum Gasteiger partial charge on any atom is -0.481 e. The van der Waals surface area contributed by atoms with Crippen molar-refractivity contribution in [2.45, 2.75) is 33.1 Å². The van der Waals surface area contributed by atoms with Crippen LogP contribution in [0.15, 0.2) is 11.5 Å². The summed E-state index contributed by atoms with van der Waals surface area (Å²) < 4.78 is 0. The van der Waals surface area contributed by atoms with Gasteiger partial charge in [-0.3, -0.25) is 9.59 Å². The lowest BCUT2D eigenvalue weighted by molar-refractivity contribution is -0.154. The maximum Gasteiger partial charge on any atom is 0.311 e. The van der Waals surface area contributed by atoms with Crippen LogP contribution in [-0.2, 0) is 9.59 Å². The van der Waals surface area contributed by atoms with E-state index < -0.39 is 11.4 Å². The molecule has 0 aliphatic carbocycles. The summed E-state index contributed by atoms with van der Waals surface area (Å²) in [6, 6.07) is 0. The first kappa shape index (κ1) is 15.7. The number of amides is 1. The van der Waals surface area contributed by atoms with Crippen LogP contribution in [0.5, 0.6) is 0 Å². The van der Waals surface area contributed by atoms with E-state index in [4.69, 9.17) is 0 Å². The zero-order valence-electron chi connectivity index (χ0n) is 12.3. The Hall–Kier alpha value is -1.69. The fourth-order valence-corrected chi connectivity index (χ4v) is 3.23. The molecule has 2 rings (SSSR count). The third kappa shape index (κ3) is 3.50. The SMILES string of the molecule is CCC1(C(=O)O)CCCN(C(=O)C=Cc2csc(C)n2)C1. The first-order valence-electron chi connectivity index (χ1n) is 7.09. The van der Waals surface area contributed by atoms with Crippen LogP contribution in [-0.4, -0.2) is 40.0 Å². The summed E-state index contributed by atoms with van der Waals surface area (Å²) in [5, 5.41) is 12.3. The summed E-state index contributed by atoms with van der Waals surface area (Å²) in [4.78, 5) is 29.6. The lowest BCUT2D eigenvalue weighted by Gasteiger charge is -2.39. The normalized spacial score (nSPS) is 22.7. The van der Waals surface area contributed by atoms with E-state index in [1.165, 1.54) is 17.4 Å². The molecule has 1 aliphatic heterocycles. The van der Waals surface area contributed by atoms with Gasteiger partial charge in [0.15, 0.2) is 0 Å². The Morgan fingerprint density at radius 2 is 2.33 bits per heavy atom. The Morgan fingerprint density at radius 3 is 2.90 bits per heavy atom. The Kier molecular flexibility index (Phi) is 4.77. The Labute approximate surface area is 128 Å². The van der Waals surface area contributed by atoms with Crippen LogP contribution in [0.25, 0.3) is 6.08 Å². The van der Waals surface area contributed by atoms with Crippen LogP contribution in [0.4, 0.5) is 0 Å². The van der Waals surface area contributed by atoms with Crippen molar-refractivity contribution in [1.29, 1.82) is 0 Å².